The van der Waals surface area contributed by atoms with Gasteiger partial charge in [0.2, 0.25) is 17.0 Å². The highest BCUT2D eigenvalue weighted by atomic mass is 32.2. The predicted octanol–water partition coefficient (Wildman–Crippen LogP) is 3.04. The third kappa shape index (κ3) is 4.94. The first kappa shape index (κ1) is 18.6. The zero-order chi connectivity index (χ0) is 19.2. The highest BCUT2D eigenvalue weighted by molar-refractivity contribution is 7.99. The summed E-state index contributed by atoms with van der Waals surface area (Å²) < 4.78 is 11.0. The Morgan fingerprint density at radius 2 is 2.00 bits per heavy atom. The number of carbonyl (C=O) groups is 1. The fraction of sp³-hybridized carbons (Fsp3) is 0.444. The predicted molar refractivity (Wildman–Crippen MR) is 107 cm³/mol. The molecule has 10 heteroatoms. The van der Waals surface area contributed by atoms with Crippen molar-refractivity contribution in [2.24, 2.45) is 5.10 Å². The molecule has 148 valence electrons. The van der Waals surface area contributed by atoms with Crippen LogP contribution in [0.2, 0.25) is 0 Å². The molecule has 0 spiro atoms. The van der Waals surface area contributed by atoms with E-state index in [-0.39, 0.29) is 11.7 Å². The SMILES string of the molecule is O=C(CSc1n[nH]c(NN=C2CCCCC2)n1)Nc1ccc2c(c1)OCCO2. The molecular formula is C18H22N6O3S. The molecule has 28 heavy (non-hydrogen) atoms. The van der Waals surface area contributed by atoms with Gasteiger partial charge < -0.3 is 14.8 Å². The van der Waals surface area contributed by atoms with Crippen LogP contribution in [0, 0.1) is 0 Å². The van der Waals surface area contributed by atoms with E-state index in [1.807, 2.05) is 0 Å². The Labute approximate surface area is 166 Å². The quantitative estimate of drug-likeness (QED) is 0.503. The second kappa shape index (κ2) is 8.96. The van der Waals surface area contributed by atoms with Gasteiger partial charge in [-0.15, -0.1) is 5.10 Å². The molecule has 1 aliphatic heterocycles. The lowest BCUT2D eigenvalue weighted by atomic mass is 9.99. The van der Waals surface area contributed by atoms with Gasteiger partial charge in [-0.2, -0.15) is 10.1 Å². The molecule has 0 atom stereocenters. The number of hydrogen-bond acceptors (Lipinski definition) is 8. The standard InChI is InChI=1S/C18H22N6O3S/c25-16(19-13-6-7-14-15(10-13)27-9-8-26-14)11-28-18-20-17(23-24-18)22-21-12-4-2-1-3-5-12/h6-7,10H,1-5,8-9,11H2,(H,19,25)(H2,20,22,23,24). The summed E-state index contributed by atoms with van der Waals surface area (Å²) >= 11 is 1.25. The Kier molecular flexibility index (Phi) is 5.95. The number of H-pyrrole nitrogens is 1. The third-order valence-electron chi connectivity index (χ3n) is 4.37. The fourth-order valence-electron chi connectivity index (χ4n) is 3.01. The molecule has 1 aromatic heterocycles. The lowest BCUT2D eigenvalue weighted by molar-refractivity contribution is -0.113. The van der Waals surface area contributed by atoms with E-state index in [0.717, 1.165) is 18.6 Å². The lowest BCUT2D eigenvalue weighted by Crippen LogP contribution is -2.17. The Bertz CT molecular complexity index is 861. The summed E-state index contributed by atoms with van der Waals surface area (Å²) in [6.07, 6.45) is 5.72. The number of rotatable bonds is 6. The second-order valence-corrected chi connectivity index (χ2v) is 7.45. The molecular weight excluding hydrogens is 380 g/mol. The summed E-state index contributed by atoms with van der Waals surface area (Å²) in [6, 6.07) is 5.34. The van der Waals surface area contributed by atoms with Crippen LogP contribution in [0.5, 0.6) is 11.5 Å². The number of ether oxygens (including phenoxy) is 2. The van der Waals surface area contributed by atoms with Gasteiger partial charge in [0.25, 0.3) is 0 Å². The Morgan fingerprint density at radius 3 is 2.86 bits per heavy atom. The molecule has 3 N–H and O–H groups in total. The van der Waals surface area contributed by atoms with Crippen LogP contribution in [-0.4, -0.2) is 45.8 Å². The summed E-state index contributed by atoms with van der Waals surface area (Å²) in [5.41, 5.74) is 4.74. The van der Waals surface area contributed by atoms with E-state index < -0.39 is 0 Å². The van der Waals surface area contributed by atoms with E-state index in [0.29, 0.717) is 41.5 Å². The van der Waals surface area contributed by atoms with Gasteiger partial charge in [0, 0.05) is 17.5 Å². The molecule has 1 amide bonds. The number of carbonyl (C=O) groups excluding carboxylic acids is 1. The monoisotopic (exact) mass is 402 g/mol. The van der Waals surface area contributed by atoms with Gasteiger partial charge in [0.15, 0.2) is 11.5 Å². The zero-order valence-electron chi connectivity index (χ0n) is 15.4. The summed E-state index contributed by atoms with van der Waals surface area (Å²) in [5, 5.41) is 14.6. The van der Waals surface area contributed by atoms with Crippen molar-refractivity contribution in [3.8, 4) is 11.5 Å². The number of aromatic amines is 1. The molecule has 2 aliphatic rings. The molecule has 2 aromatic rings. The molecule has 1 aromatic carbocycles. The summed E-state index contributed by atoms with van der Waals surface area (Å²) in [4.78, 5) is 16.5. The normalized spacial score (nSPS) is 15.8. The van der Waals surface area contributed by atoms with Crippen LogP contribution >= 0.6 is 11.8 Å². The fourth-order valence-corrected chi connectivity index (χ4v) is 3.61. The first-order chi connectivity index (χ1) is 13.8. The van der Waals surface area contributed by atoms with Crippen molar-refractivity contribution in [2.45, 2.75) is 37.3 Å². The van der Waals surface area contributed by atoms with Gasteiger partial charge in [-0.25, -0.2) is 10.5 Å². The number of aromatic nitrogens is 3. The van der Waals surface area contributed by atoms with Crippen LogP contribution in [0.3, 0.4) is 0 Å². The van der Waals surface area contributed by atoms with Crippen LogP contribution in [0.25, 0.3) is 0 Å². The maximum Gasteiger partial charge on any atom is 0.240 e. The number of fused-ring (bicyclic) bond motifs is 1. The van der Waals surface area contributed by atoms with Crippen molar-refractivity contribution in [3.63, 3.8) is 0 Å². The van der Waals surface area contributed by atoms with E-state index in [1.165, 1.54) is 31.0 Å². The van der Waals surface area contributed by atoms with Gasteiger partial charge in [-0.3, -0.25) is 4.79 Å². The van der Waals surface area contributed by atoms with Crippen molar-refractivity contribution >= 4 is 35.0 Å². The molecule has 0 radical (unpaired) electrons. The average molecular weight is 402 g/mol. The maximum atomic E-state index is 12.2. The Balaban J connectivity index is 1.25. The highest BCUT2D eigenvalue weighted by Gasteiger charge is 2.14. The Hall–Kier alpha value is -2.75. The minimum Gasteiger partial charge on any atom is -0.486 e. The van der Waals surface area contributed by atoms with Crippen molar-refractivity contribution in [3.05, 3.63) is 18.2 Å². The first-order valence-corrected chi connectivity index (χ1v) is 10.3. The number of nitrogens with zero attached hydrogens (tertiary/aromatic N) is 3. The van der Waals surface area contributed by atoms with Gasteiger partial charge in [0.05, 0.1) is 5.75 Å². The zero-order valence-corrected chi connectivity index (χ0v) is 16.2. The van der Waals surface area contributed by atoms with E-state index in [4.69, 9.17) is 9.47 Å². The smallest absolute Gasteiger partial charge is 0.240 e. The maximum absolute atomic E-state index is 12.2. The van der Waals surface area contributed by atoms with Crippen LogP contribution < -0.4 is 20.2 Å². The van der Waals surface area contributed by atoms with Crippen molar-refractivity contribution in [1.82, 2.24) is 15.2 Å². The van der Waals surface area contributed by atoms with Crippen LogP contribution in [0.4, 0.5) is 11.6 Å². The Morgan fingerprint density at radius 1 is 1.18 bits per heavy atom. The number of anilines is 2. The summed E-state index contributed by atoms with van der Waals surface area (Å²) in [6.45, 7) is 1.04. The minimum atomic E-state index is -0.150. The lowest BCUT2D eigenvalue weighted by Gasteiger charge is -2.18. The van der Waals surface area contributed by atoms with Gasteiger partial charge in [-0.05, 0) is 37.8 Å². The molecule has 1 fully saturated rings. The van der Waals surface area contributed by atoms with Crippen LogP contribution in [-0.2, 0) is 4.79 Å². The second-order valence-electron chi connectivity index (χ2n) is 6.51. The number of amides is 1. The van der Waals surface area contributed by atoms with Crippen molar-refractivity contribution in [1.29, 1.82) is 0 Å². The number of benzene rings is 1. The number of hydrogen-bond donors (Lipinski definition) is 3. The largest absolute Gasteiger partial charge is 0.486 e. The molecule has 9 nitrogen and oxygen atoms in total. The molecule has 0 unspecified atom stereocenters. The van der Waals surface area contributed by atoms with Crippen LogP contribution in [0.15, 0.2) is 28.5 Å². The molecule has 2 heterocycles. The minimum absolute atomic E-state index is 0.150. The molecule has 4 rings (SSSR count). The van der Waals surface area contributed by atoms with Gasteiger partial charge >= 0.3 is 0 Å². The summed E-state index contributed by atoms with van der Waals surface area (Å²) in [5.74, 6) is 1.86. The van der Waals surface area contributed by atoms with E-state index in [9.17, 15) is 4.79 Å². The molecule has 1 saturated carbocycles. The summed E-state index contributed by atoms with van der Waals surface area (Å²) in [7, 11) is 0. The van der Waals surface area contributed by atoms with E-state index in [2.05, 4.69) is 31.0 Å². The van der Waals surface area contributed by atoms with Gasteiger partial charge in [-0.1, -0.05) is 18.2 Å². The van der Waals surface area contributed by atoms with Crippen molar-refractivity contribution < 1.29 is 14.3 Å². The van der Waals surface area contributed by atoms with Gasteiger partial charge in [0.1, 0.15) is 13.2 Å². The van der Waals surface area contributed by atoms with E-state index in [1.54, 1.807) is 18.2 Å². The first-order valence-electron chi connectivity index (χ1n) is 9.32. The average Bonchev–Trinajstić information content (AvgIpc) is 3.19. The van der Waals surface area contributed by atoms with Crippen LogP contribution in [0.1, 0.15) is 32.1 Å². The third-order valence-corrected chi connectivity index (χ3v) is 5.22. The molecule has 0 bridgehead atoms. The number of hydrazone groups is 1. The topological polar surface area (TPSA) is 114 Å². The molecule has 0 saturated heterocycles. The highest BCUT2D eigenvalue weighted by Crippen LogP contribution is 2.32. The van der Waals surface area contributed by atoms with E-state index >= 15 is 0 Å². The van der Waals surface area contributed by atoms with Crippen molar-refractivity contribution in [2.75, 3.05) is 29.7 Å². The number of thioether (sulfide) groups is 1. The molecule has 1 aliphatic carbocycles. The number of nitrogens with one attached hydrogen (secondary N) is 3.